The zero-order valence-electron chi connectivity index (χ0n) is 7.78. The molecule has 0 fully saturated rings. The molecule has 0 amide bonds. The second-order valence-electron chi connectivity index (χ2n) is 4.11. The zero-order chi connectivity index (χ0) is 8.20. The molecule has 0 aliphatic carbocycles. The predicted molar refractivity (Wildman–Crippen MR) is 52.5 cm³/mol. The molecule has 0 N–H and O–H groups in total. The van der Waals surface area contributed by atoms with Crippen molar-refractivity contribution < 1.29 is 0 Å². The van der Waals surface area contributed by atoms with E-state index in [0.29, 0.717) is 5.41 Å². The maximum atomic E-state index is 2.95. The van der Waals surface area contributed by atoms with Gasteiger partial charge in [-0.05, 0) is 17.5 Å². The standard InChI is InChI=1S/C9H21P/c1-5-6-7-8(10)9(2,3)4/h8H,5-7,10H2,1-4H3. The first-order valence-electron chi connectivity index (χ1n) is 4.24. The van der Waals surface area contributed by atoms with Gasteiger partial charge in [-0.1, -0.05) is 40.5 Å². The largest absolute Gasteiger partial charge is 0.134 e. The highest BCUT2D eigenvalue weighted by molar-refractivity contribution is 7.17. The van der Waals surface area contributed by atoms with E-state index in [2.05, 4.69) is 36.9 Å². The first-order chi connectivity index (χ1) is 4.48. The molecule has 0 aliphatic heterocycles. The van der Waals surface area contributed by atoms with Crippen LogP contribution in [-0.2, 0) is 0 Å². The lowest BCUT2D eigenvalue weighted by Gasteiger charge is -2.26. The fourth-order valence-corrected chi connectivity index (χ4v) is 1.09. The summed E-state index contributed by atoms with van der Waals surface area (Å²) < 4.78 is 0. The molecule has 0 heterocycles. The molecule has 0 aromatic rings. The molecule has 0 radical (unpaired) electrons. The van der Waals surface area contributed by atoms with Gasteiger partial charge in [-0.3, -0.25) is 0 Å². The number of hydrogen-bond acceptors (Lipinski definition) is 0. The minimum Gasteiger partial charge on any atom is -0.134 e. The molecule has 0 rings (SSSR count). The molecule has 0 aliphatic rings. The minimum atomic E-state index is 0.472. The summed E-state index contributed by atoms with van der Waals surface area (Å²) >= 11 is 0. The molecule has 62 valence electrons. The lowest BCUT2D eigenvalue weighted by Crippen LogP contribution is -2.19. The summed E-state index contributed by atoms with van der Waals surface area (Å²) in [6.45, 7) is 9.17. The van der Waals surface area contributed by atoms with E-state index in [4.69, 9.17) is 0 Å². The summed E-state index contributed by atoms with van der Waals surface area (Å²) in [5.74, 6) is 0. The van der Waals surface area contributed by atoms with E-state index < -0.39 is 0 Å². The fourth-order valence-electron chi connectivity index (χ4n) is 0.857. The molecule has 1 heteroatoms. The maximum Gasteiger partial charge on any atom is -0.0215 e. The van der Waals surface area contributed by atoms with Crippen LogP contribution in [0.25, 0.3) is 0 Å². The van der Waals surface area contributed by atoms with Crippen LogP contribution in [0.4, 0.5) is 0 Å². The van der Waals surface area contributed by atoms with E-state index in [0.717, 1.165) is 5.66 Å². The smallest absolute Gasteiger partial charge is 0.0215 e. The van der Waals surface area contributed by atoms with Crippen molar-refractivity contribution in [2.45, 2.75) is 52.6 Å². The molecular formula is C9H21P. The Hall–Kier alpha value is 0.430. The predicted octanol–water partition coefficient (Wildman–Crippen LogP) is 3.47. The van der Waals surface area contributed by atoms with Gasteiger partial charge in [0.15, 0.2) is 0 Å². The van der Waals surface area contributed by atoms with Crippen molar-refractivity contribution in [2.24, 2.45) is 5.41 Å². The first-order valence-corrected chi connectivity index (χ1v) is 4.90. The van der Waals surface area contributed by atoms with Gasteiger partial charge in [-0.15, -0.1) is 9.24 Å². The average molecular weight is 160 g/mol. The Labute approximate surface area is 68.0 Å². The van der Waals surface area contributed by atoms with Crippen LogP contribution in [0.3, 0.4) is 0 Å². The van der Waals surface area contributed by atoms with Crippen molar-refractivity contribution in [3.05, 3.63) is 0 Å². The van der Waals surface area contributed by atoms with Gasteiger partial charge in [0, 0.05) is 0 Å². The van der Waals surface area contributed by atoms with E-state index in [1.165, 1.54) is 19.3 Å². The van der Waals surface area contributed by atoms with Crippen molar-refractivity contribution in [3.63, 3.8) is 0 Å². The van der Waals surface area contributed by atoms with Crippen molar-refractivity contribution in [1.29, 1.82) is 0 Å². The van der Waals surface area contributed by atoms with Gasteiger partial charge in [-0.25, -0.2) is 0 Å². The Morgan fingerprint density at radius 1 is 1.30 bits per heavy atom. The summed E-state index contributed by atoms with van der Waals surface area (Å²) in [5, 5.41) is 0. The average Bonchev–Trinajstić information content (AvgIpc) is 1.80. The highest BCUT2D eigenvalue weighted by Crippen LogP contribution is 2.29. The summed E-state index contributed by atoms with van der Waals surface area (Å²) in [5.41, 5.74) is 1.26. The van der Waals surface area contributed by atoms with E-state index in [1.807, 2.05) is 0 Å². The summed E-state index contributed by atoms with van der Waals surface area (Å²) in [6.07, 6.45) is 4.04. The van der Waals surface area contributed by atoms with Crippen molar-refractivity contribution in [3.8, 4) is 0 Å². The third kappa shape index (κ3) is 4.28. The molecule has 0 aromatic carbocycles. The van der Waals surface area contributed by atoms with Crippen LogP contribution < -0.4 is 0 Å². The molecule has 10 heavy (non-hydrogen) atoms. The highest BCUT2D eigenvalue weighted by Gasteiger charge is 2.18. The lowest BCUT2D eigenvalue weighted by atomic mass is 9.89. The number of hydrogen-bond donors (Lipinski definition) is 0. The van der Waals surface area contributed by atoms with E-state index in [-0.39, 0.29) is 0 Å². The van der Waals surface area contributed by atoms with Gasteiger partial charge in [-0.2, -0.15) is 0 Å². The summed E-state index contributed by atoms with van der Waals surface area (Å²) in [4.78, 5) is 0. The monoisotopic (exact) mass is 160 g/mol. The maximum absolute atomic E-state index is 2.95. The Balaban J connectivity index is 3.52. The summed E-state index contributed by atoms with van der Waals surface area (Å²) in [6, 6.07) is 0. The highest BCUT2D eigenvalue weighted by atomic mass is 31.0. The number of rotatable bonds is 3. The van der Waals surface area contributed by atoms with Gasteiger partial charge in [0.1, 0.15) is 0 Å². The Morgan fingerprint density at radius 3 is 2.10 bits per heavy atom. The summed E-state index contributed by atoms with van der Waals surface area (Å²) in [7, 11) is 2.95. The van der Waals surface area contributed by atoms with E-state index >= 15 is 0 Å². The molecular weight excluding hydrogens is 139 g/mol. The second-order valence-corrected chi connectivity index (χ2v) is 4.92. The molecule has 0 aromatic heterocycles. The number of unbranched alkanes of at least 4 members (excludes halogenated alkanes) is 1. The molecule has 2 unspecified atom stereocenters. The zero-order valence-corrected chi connectivity index (χ0v) is 8.93. The Bertz CT molecular complexity index is 81.2. The van der Waals surface area contributed by atoms with Crippen LogP contribution in [-0.4, -0.2) is 5.66 Å². The molecule has 0 nitrogen and oxygen atoms in total. The van der Waals surface area contributed by atoms with Crippen LogP contribution in [0, 0.1) is 5.41 Å². The van der Waals surface area contributed by atoms with Crippen LogP contribution in [0.5, 0.6) is 0 Å². The molecule has 0 bridgehead atoms. The third-order valence-corrected chi connectivity index (χ3v) is 3.31. The third-order valence-electron chi connectivity index (χ3n) is 1.98. The Kier molecular flexibility index (Phi) is 4.52. The lowest BCUT2D eigenvalue weighted by molar-refractivity contribution is 0.373. The van der Waals surface area contributed by atoms with Gasteiger partial charge in [0.25, 0.3) is 0 Å². The second kappa shape index (κ2) is 4.34. The molecule has 2 atom stereocenters. The molecule has 0 spiro atoms. The van der Waals surface area contributed by atoms with Crippen molar-refractivity contribution in [2.75, 3.05) is 0 Å². The van der Waals surface area contributed by atoms with Crippen molar-refractivity contribution >= 4 is 9.24 Å². The minimum absolute atomic E-state index is 0.472. The normalized spacial score (nSPS) is 15.3. The van der Waals surface area contributed by atoms with E-state index in [9.17, 15) is 0 Å². The van der Waals surface area contributed by atoms with Gasteiger partial charge < -0.3 is 0 Å². The van der Waals surface area contributed by atoms with Crippen LogP contribution in [0.1, 0.15) is 47.0 Å². The van der Waals surface area contributed by atoms with Gasteiger partial charge in [0.2, 0.25) is 0 Å². The van der Waals surface area contributed by atoms with Crippen LogP contribution >= 0.6 is 9.24 Å². The van der Waals surface area contributed by atoms with Crippen molar-refractivity contribution in [1.82, 2.24) is 0 Å². The van der Waals surface area contributed by atoms with Gasteiger partial charge in [0.05, 0.1) is 0 Å². The SMILES string of the molecule is CCCCC(P)C(C)(C)C. The molecule has 0 saturated carbocycles. The topological polar surface area (TPSA) is 0 Å². The quantitative estimate of drug-likeness (QED) is 0.554. The first kappa shape index (κ1) is 10.4. The van der Waals surface area contributed by atoms with E-state index in [1.54, 1.807) is 0 Å². The van der Waals surface area contributed by atoms with Crippen LogP contribution in [0.2, 0.25) is 0 Å². The van der Waals surface area contributed by atoms with Crippen LogP contribution in [0.15, 0.2) is 0 Å². The van der Waals surface area contributed by atoms with Gasteiger partial charge >= 0.3 is 0 Å². The Morgan fingerprint density at radius 2 is 1.80 bits per heavy atom. The molecule has 0 saturated heterocycles. The fraction of sp³-hybridized carbons (Fsp3) is 1.00.